The van der Waals surface area contributed by atoms with Crippen LogP contribution in [0.15, 0.2) is 24.3 Å². The molecule has 88 valence electrons. The predicted octanol–water partition coefficient (Wildman–Crippen LogP) is 1.08. The van der Waals surface area contributed by atoms with Crippen LogP contribution in [-0.4, -0.2) is 27.2 Å². The summed E-state index contributed by atoms with van der Waals surface area (Å²) in [5, 5.41) is 0. The number of carbonyl (C=O) groups excluding carboxylic acids is 1. The number of benzene rings is 1. The molecule has 4 nitrogen and oxygen atoms in total. The van der Waals surface area contributed by atoms with Crippen molar-refractivity contribution < 1.29 is 17.9 Å². The Labute approximate surface area is 95.2 Å². The third kappa shape index (κ3) is 4.02. The highest BCUT2D eigenvalue weighted by molar-refractivity contribution is 7.91. The molecule has 0 heterocycles. The van der Waals surface area contributed by atoms with Gasteiger partial charge in [0, 0.05) is 0 Å². The van der Waals surface area contributed by atoms with E-state index in [-0.39, 0.29) is 5.75 Å². The van der Waals surface area contributed by atoms with Crippen molar-refractivity contribution in [3.8, 4) is 0 Å². The molecule has 1 aromatic rings. The number of hydrogen-bond acceptors (Lipinski definition) is 4. The number of methoxy groups -OCH3 is 1. The van der Waals surface area contributed by atoms with Gasteiger partial charge in [0.25, 0.3) is 0 Å². The van der Waals surface area contributed by atoms with E-state index < -0.39 is 21.6 Å². The van der Waals surface area contributed by atoms with E-state index in [4.69, 9.17) is 0 Å². The van der Waals surface area contributed by atoms with Gasteiger partial charge >= 0.3 is 5.97 Å². The van der Waals surface area contributed by atoms with Gasteiger partial charge < -0.3 is 4.74 Å². The molecule has 0 radical (unpaired) electrons. The van der Waals surface area contributed by atoms with Gasteiger partial charge in [-0.05, 0) is 12.5 Å². The molecule has 0 amide bonds. The van der Waals surface area contributed by atoms with Crippen molar-refractivity contribution in [1.82, 2.24) is 0 Å². The van der Waals surface area contributed by atoms with Crippen molar-refractivity contribution in [2.24, 2.45) is 0 Å². The van der Waals surface area contributed by atoms with E-state index in [1.807, 2.05) is 13.0 Å². The van der Waals surface area contributed by atoms with Gasteiger partial charge in [-0.3, -0.25) is 4.79 Å². The smallest absolute Gasteiger partial charge is 0.320 e. The molecule has 0 aliphatic carbocycles. The first-order valence-electron chi connectivity index (χ1n) is 4.76. The van der Waals surface area contributed by atoms with Crippen LogP contribution in [0.1, 0.15) is 11.1 Å². The minimum atomic E-state index is -3.44. The maximum atomic E-state index is 11.6. The summed E-state index contributed by atoms with van der Waals surface area (Å²) in [5.41, 5.74) is 1.68. The molecule has 0 N–H and O–H groups in total. The summed E-state index contributed by atoms with van der Waals surface area (Å²) < 4.78 is 27.5. The van der Waals surface area contributed by atoms with Crippen LogP contribution < -0.4 is 0 Å². The SMILES string of the molecule is COC(=O)CS(=O)(=O)Cc1cccc(C)c1. The Hall–Kier alpha value is -1.36. The minimum absolute atomic E-state index is 0.135. The summed E-state index contributed by atoms with van der Waals surface area (Å²) in [6.07, 6.45) is 0. The molecule has 16 heavy (non-hydrogen) atoms. The van der Waals surface area contributed by atoms with Crippen LogP contribution in [0.25, 0.3) is 0 Å². The van der Waals surface area contributed by atoms with Gasteiger partial charge in [-0.1, -0.05) is 29.8 Å². The third-order valence-electron chi connectivity index (χ3n) is 2.03. The molecular weight excluding hydrogens is 228 g/mol. The molecule has 0 aromatic heterocycles. The number of hydrogen-bond donors (Lipinski definition) is 0. The van der Waals surface area contributed by atoms with E-state index in [1.54, 1.807) is 18.2 Å². The highest BCUT2D eigenvalue weighted by Crippen LogP contribution is 2.09. The minimum Gasteiger partial charge on any atom is -0.468 e. The summed E-state index contributed by atoms with van der Waals surface area (Å²) in [5.74, 6) is -1.44. The van der Waals surface area contributed by atoms with Gasteiger partial charge in [-0.2, -0.15) is 0 Å². The van der Waals surface area contributed by atoms with Gasteiger partial charge in [-0.15, -0.1) is 0 Å². The predicted molar refractivity (Wildman–Crippen MR) is 60.7 cm³/mol. The fourth-order valence-corrected chi connectivity index (χ4v) is 2.61. The van der Waals surface area contributed by atoms with Crippen LogP contribution in [0.5, 0.6) is 0 Å². The van der Waals surface area contributed by atoms with E-state index in [1.165, 1.54) is 7.11 Å². The largest absolute Gasteiger partial charge is 0.468 e. The number of esters is 1. The Kier molecular flexibility index (Phi) is 4.06. The van der Waals surface area contributed by atoms with Gasteiger partial charge in [0.05, 0.1) is 12.9 Å². The van der Waals surface area contributed by atoms with Gasteiger partial charge in [0.2, 0.25) is 0 Å². The summed E-state index contributed by atoms with van der Waals surface area (Å²) in [6.45, 7) is 1.89. The lowest BCUT2D eigenvalue weighted by atomic mass is 10.2. The maximum Gasteiger partial charge on any atom is 0.320 e. The average Bonchev–Trinajstić information content (AvgIpc) is 2.15. The number of sulfone groups is 1. The summed E-state index contributed by atoms with van der Waals surface area (Å²) in [7, 11) is -2.27. The molecule has 0 fully saturated rings. The van der Waals surface area contributed by atoms with Crippen LogP contribution in [0.3, 0.4) is 0 Å². The van der Waals surface area contributed by atoms with E-state index >= 15 is 0 Å². The van der Waals surface area contributed by atoms with Gasteiger partial charge in [0.15, 0.2) is 9.84 Å². The maximum absolute atomic E-state index is 11.6. The van der Waals surface area contributed by atoms with Crippen molar-refractivity contribution in [3.63, 3.8) is 0 Å². The Bertz CT molecular complexity index is 477. The monoisotopic (exact) mass is 242 g/mol. The van der Waals surface area contributed by atoms with E-state index in [0.717, 1.165) is 5.56 Å². The Morgan fingerprint density at radius 3 is 2.62 bits per heavy atom. The first-order chi connectivity index (χ1) is 7.43. The van der Waals surface area contributed by atoms with Gasteiger partial charge in [0.1, 0.15) is 5.75 Å². The number of carbonyl (C=O) groups is 1. The average molecular weight is 242 g/mol. The Morgan fingerprint density at radius 2 is 2.06 bits per heavy atom. The number of aryl methyl sites for hydroxylation is 1. The molecule has 0 aliphatic rings. The molecule has 0 spiro atoms. The molecule has 1 aromatic carbocycles. The van der Waals surface area contributed by atoms with Crippen LogP contribution in [0, 0.1) is 6.92 Å². The highest BCUT2D eigenvalue weighted by atomic mass is 32.2. The quantitative estimate of drug-likeness (QED) is 0.741. The van der Waals surface area contributed by atoms with Crippen LogP contribution in [0.2, 0.25) is 0 Å². The fraction of sp³-hybridized carbons (Fsp3) is 0.364. The van der Waals surface area contributed by atoms with Crippen molar-refractivity contribution in [2.45, 2.75) is 12.7 Å². The molecule has 0 bridgehead atoms. The normalized spacial score (nSPS) is 11.1. The molecule has 0 aliphatic heterocycles. The summed E-state index contributed by atoms with van der Waals surface area (Å²) in [6, 6.07) is 7.19. The number of ether oxygens (including phenoxy) is 1. The second kappa shape index (κ2) is 5.12. The molecular formula is C11H14O4S. The third-order valence-corrected chi connectivity index (χ3v) is 3.48. The zero-order valence-corrected chi connectivity index (χ0v) is 10.1. The molecule has 0 saturated heterocycles. The zero-order chi connectivity index (χ0) is 12.2. The second-order valence-corrected chi connectivity index (χ2v) is 5.66. The topological polar surface area (TPSA) is 60.4 Å². The van der Waals surface area contributed by atoms with Crippen molar-refractivity contribution >= 4 is 15.8 Å². The fourth-order valence-electron chi connectivity index (χ4n) is 1.35. The van der Waals surface area contributed by atoms with Gasteiger partial charge in [-0.25, -0.2) is 8.42 Å². The van der Waals surface area contributed by atoms with Crippen molar-refractivity contribution in [2.75, 3.05) is 12.9 Å². The van der Waals surface area contributed by atoms with Crippen LogP contribution >= 0.6 is 0 Å². The first-order valence-corrected chi connectivity index (χ1v) is 6.58. The van der Waals surface area contributed by atoms with Crippen molar-refractivity contribution in [3.05, 3.63) is 35.4 Å². The summed E-state index contributed by atoms with van der Waals surface area (Å²) >= 11 is 0. The molecule has 0 atom stereocenters. The highest BCUT2D eigenvalue weighted by Gasteiger charge is 2.17. The Morgan fingerprint density at radius 1 is 1.38 bits per heavy atom. The standard InChI is InChI=1S/C11H14O4S/c1-9-4-3-5-10(6-9)7-16(13,14)8-11(12)15-2/h3-6H,7-8H2,1-2H3. The van der Waals surface area contributed by atoms with Crippen molar-refractivity contribution in [1.29, 1.82) is 0 Å². The molecule has 5 heteroatoms. The zero-order valence-electron chi connectivity index (χ0n) is 9.26. The molecule has 0 saturated carbocycles. The first kappa shape index (κ1) is 12.7. The summed E-state index contributed by atoms with van der Waals surface area (Å²) in [4.78, 5) is 10.9. The lowest BCUT2D eigenvalue weighted by molar-refractivity contribution is -0.137. The second-order valence-electron chi connectivity index (χ2n) is 3.60. The Balaban J connectivity index is 2.77. The lowest BCUT2D eigenvalue weighted by Gasteiger charge is -2.04. The molecule has 0 unspecified atom stereocenters. The number of rotatable bonds is 4. The lowest BCUT2D eigenvalue weighted by Crippen LogP contribution is -2.18. The van der Waals surface area contributed by atoms with E-state index in [0.29, 0.717) is 5.56 Å². The van der Waals surface area contributed by atoms with Crippen LogP contribution in [-0.2, 0) is 25.1 Å². The van der Waals surface area contributed by atoms with E-state index in [2.05, 4.69) is 4.74 Å². The van der Waals surface area contributed by atoms with Crippen LogP contribution in [0.4, 0.5) is 0 Å². The van der Waals surface area contributed by atoms with E-state index in [9.17, 15) is 13.2 Å². The molecule has 1 rings (SSSR count).